The number of phenolic OH excluding ortho intramolecular Hbond substituents is 1. The quantitative estimate of drug-likeness (QED) is 0.527. The Morgan fingerprint density at radius 3 is 2.84 bits per heavy atom. The van der Waals surface area contributed by atoms with Crippen molar-refractivity contribution in [2.75, 3.05) is 5.73 Å². The van der Waals surface area contributed by atoms with Gasteiger partial charge in [0.25, 0.3) is 5.89 Å². The second-order valence-corrected chi connectivity index (χ2v) is 3.79. The van der Waals surface area contributed by atoms with Gasteiger partial charge in [0.05, 0.1) is 11.9 Å². The van der Waals surface area contributed by atoms with Crippen LogP contribution in [0.15, 0.2) is 41.3 Å². The summed E-state index contributed by atoms with van der Waals surface area (Å²) in [6.07, 6.45) is 4.65. The maximum Gasteiger partial charge on any atom is 0.258 e. The molecule has 0 unspecified atom stereocenters. The van der Waals surface area contributed by atoms with E-state index in [1.54, 1.807) is 30.7 Å². The fraction of sp³-hybridized carbons (Fsp3) is 0. The van der Waals surface area contributed by atoms with Crippen LogP contribution in [0.2, 0.25) is 0 Å². The number of anilines is 1. The van der Waals surface area contributed by atoms with Crippen molar-refractivity contribution < 1.29 is 9.63 Å². The van der Waals surface area contributed by atoms with Gasteiger partial charge < -0.3 is 15.4 Å². The van der Waals surface area contributed by atoms with Crippen LogP contribution in [0.25, 0.3) is 23.0 Å². The summed E-state index contributed by atoms with van der Waals surface area (Å²) < 4.78 is 5.13. The molecule has 3 rings (SSSR count). The van der Waals surface area contributed by atoms with E-state index in [1.165, 1.54) is 6.07 Å². The van der Waals surface area contributed by atoms with E-state index in [4.69, 9.17) is 10.3 Å². The predicted octanol–water partition coefficient (Wildman–Crippen LogP) is 1.48. The Labute approximate surface area is 107 Å². The van der Waals surface area contributed by atoms with Crippen LogP contribution in [0.5, 0.6) is 5.75 Å². The van der Waals surface area contributed by atoms with Gasteiger partial charge in [0.1, 0.15) is 11.4 Å². The Morgan fingerprint density at radius 2 is 2.11 bits per heavy atom. The summed E-state index contributed by atoms with van der Waals surface area (Å²) in [6.45, 7) is 0. The van der Waals surface area contributed by atoms with Crippen molar-refractivity contribution in [3.63, 3.8) is 0 Å². The molecule has 94 valence electrons. The maximum absolute atomic E-state index is 9.36. The average molecular weight is 255 g/mol. The number of nitrogen functional groups attached to an aromatic ring is 1. The molecule has 2 aromatic heterocycles. The Kier molecular flexibility index (Phi) is 2.57. The summed E-state index contributed by atoms with van der Waals surface area (Å²) >= 11 is 0. The molecule has 3 N–H and O–H groups in total. The third-order valence-electron chi connectivity index (χ3n) is 2.49. The molecule has 2 heterocycles. The molecule has 0 aliphatic rings. The lowest BCUT2D eigenvalue weighted by atomic mass is 10.2. The number of rotatable bonds is 2. The zero-order valence-electron chi connectivity index (χ0n) is 9.69. The van der Waals surface area contributed by atoms with Gasteiger partial charge in [0, 0.05) is 18.0 Å². The first-order valence-corrected chi connectivity index (χ1v) is 5.43. The molecule has 0 radical (unpaired) electrons. The summed E-state index contributed by atoms with van der Waals surface area (Å²) in [5, 5.41) is 13.2. The highest BCUT2D eigenvalue weighted by Crippen LogP contribution is 2.27. The zero-order valence-corrected chi connectivity index (χ0v) is 9.69. The molecular weight excluding hydrogens is 246 g/mol. The highest BCUT2D eigenvalue weighted by molar-refractivity contribution is 5.65. The number of benzene rings is 1. The third kappa shape index (κ3) is 2.08. The van der Waals surface area contributed by atoms with E-state index in [2.05, 4.69) is 20.1 Å². The second-order valence-electron chi connectivity index (χ2n) is 3.79. The van der Waals surface area contributed by atoms with E-state index in [0.717, 1.165) is 0 Å². The first-order chi connectivity index (χ1) is 9.24. The number of phenols is 1. The minimum Gasteiger partial charge on any atom is -0.506 e. The van der Waals surface area contributed by atoms with Crippen LogP contribution in [-0.4, -0.2) is 25.2 Å². The van der Waals surface area contributed by atoms with E-state index in [0.29, 0.717) is 23.0 Å². The van der Waals surface area contributed by atoms with Crippen molar-refractivity contribution >= 4 is 5.69 Å². The van der Waals surface area contributed by atoms with E-state index in [1.807, 2.05) is 0 Å². The summed E-state index contributed by atoms with van der Waals surface area (Å²) in [5.41, 5.74) is 7.00. The van der Waals surface area contributed by atoms with Crippen LogP contribution >= 0.6 is 0 Å². The number of hydrogen-bond acceptors (Lipinski definition) is 7. The van der Waals surface area contributed by atoms with Gasteiger partial charge in [-0.15, -0.1) is 0 Å². The fourth-order valence-corrected chi connectivity index (χ4v) is 1.55. The SMILES string of the molecule is Nc1cc(-c2nc(-c3cnccn3)no2)ccc1O. The molecule has 0 aliphatic heterocycles. The van der Waals surface area contributed by atoms with Gasteiger partial charge in [-0.05, 0) is 18.2 Å². The normalized spacial score (nSPS) is 10.5. The molecule has 0 saturated carbocycles. The van der Waals surface area contributed by atoms with Crippen molar-refractivity contribution in [1.82, 2.24) is 20.1 Å². The Morgan fingerprint density at radius 1 is 1.21 bits per heavy atom. The minimum atomic E-state index is 0.0115. The summed E-state index contributed by atoms with van der Waals surface area (Å²) in [5.74, 6) is 0.652. The monoisotopic (exact) mass is 255 g/mol. The summed E-state index contributed by atoms with van der Waals surface area (Å²) in [7, 11) is 0. The highest BCUT2D eigenvalue weighted by Gasteiger charge is 2.12. The topological polar surface area (TPSA) is 111 Å². The molecule has 0 bridgehead atoms. The second kappa shape index (κ2) is 4.37. The molecule has 0 amide bonds. The van der Waals surface area contributed by atoms with E-state index in [9.17, 15) is 5.11 Å². The number of aromatic hydroxyl groups is 1. The molecule has 7 heteroatoms. The summed E-state index contributed by atoms with van der Waals surface area (Å²) in [6, 6.07) is 4.67. The molecule has 0 spiro atoms. The molecule has 1 aromatic carbocycles. The first kappa shape index (κ1) is 11.1. The Hall–Kier alpha value is -2.96. The van der Waals surface area contributed by atoms with Gasteiger partial charge in [-0.25, -0.2) is 4.98 Å². The van der Waals surface area contributed by atoms with Crippen LogP contribution in [-0.2, 0) is 0 Å². The van der Waals surface area contributed by atoms with Crippen molar-refractivity contribution in [2.24, 2.45) is 0 Å². The fourth-order valence-electron chi connectivity index (χ4n) is 1.55. The zero-order chi connectivity index (χ0) is 13.2. The molecule has 0 atom stereocenters. The number of hydrogen-bond donors (Lipinski definition) is 2. The third-order valence-corrected chi connectivity index (χ3v) is 2.49. The first-order valence-electron chi connectivity index (χ1n) is 5.43. The number of nitrogens with zero attached hydrogens (tertiary/aromatic N) is 4. The van der Waals surface area contributed by atoms with Crippen molar-refractivity contribution in [3.8, 4) is 28.7 Å². The van der Waals surface area contributed by atoms with Gasteiger partial charge in [-0.3, -0.25) is 4.98 Å². The number of nitrogens with two attached hydrogens (primary N) is 1. The van der Waals surface area contributed by atoms with Gasteiger partial charge in [-0.2, -0.15) is 4.98 Å². The maximum atomic E-state index is 9.36. The van der Waals surface area contributed by atoms with E-state index < -0.39 is 0 Å². The average Bonchev–Trinajstić information content (AvgIpc) is 2.93. The van der Waals surface area contributed by atoms with E-state index >= 15 is 0 Å². The largest absolute Gasteiger partial charge is 0.506 e. The molecule has 0 fully saturated rings. The molecule has 0 aliphatic carbocycles. The Balaban J connectivity index is 1.99. The van der Waals surface area contributed by atoms with Crippen LogP contribution in [0.3, 0.4) is 0 Å². The molecule has 3 aromatic rings. The van der Waals surface area contributed by atoms with Crippen molar-refractivity contribution in [3.05, 3.63) is 36.8 Å². The van der Waals surface area contributed by atoms with Crippen molar-refractivity contribution in [1.29, 1.82) is 0 Å². The predicted molar refractivity (Wildman–Crippen MR) is 66.8 cm³/mol. The molecule has 7 nitrogen and oxygen atoms in total. The lowest BCUT2D eigenvalue weighted by molar-refractivity contribution is 0.432. The van der Waals surface area contributed by atoms with Gasteiger partial charge in [0.2, 0.25) is 5.82 Å². The lowest BCUT2D eigenvalue weighted by Gasteiger charge is -1.99. The van der Waals surface area contributed by atoms with Crippen molar-refractivity contribution in [2.45, 2.75) is 0 Å². The minimum absolute atomic E-state index is 0.0115. The van der Waals surface area contributed by atoms with E-state index in [-0.39, 0.29) is 11.4 Å². The van der Waals surface area contributed by atoms with Gasteiger partial charge >= 0.3 is 0 Å². The Bertz CT molecular complexity index is 711. The standard InChI is InChI=1S/C12H9N5O2/c13-8-5-7(1-2-10(8)18)12-16-11(17-19-12)9-6-14-3-4-15-9/h1-6,18H,13H2. The highest BCUT2D eigenvalue weighted by atomic mass is 16.5. The smallest absolute Gasteiger partial charge is 0.258 e. The van der Waals surface area contributed by atoms with Gasteiger partial charge in [-0.1, -0.05) is 5.16 Å². The van der Waals surface area contributed by atoms with Gasteiger partial charge in [0.15, 0.2) is 0 Å². The van der Waals surface area contributed by atoms with Crippen LogP contribution < -0.4 is 5.73 Å². The van der Waals surface area contributed by atoms with Crippen LogP contribution in [0, 0.1) is 0 Å². The molecular formula is C12H9N5O2. The molecule has 0 saturated heterocycles. The lowest BCUT2D eigenvalue weighted by Crippen LogP contribution is -1.88. The van der Waals surface area contributed by atoms with Crippen LogP contribution in [0.4, 0.5) is 5.69 Å². The summed E-state index contributed by atoms with van der Waals surface area (Å²) in [4.78, 5) is 12.2. The molecule has 19 heavy (non-hydrogen) atoms. The van der Waals surface area contributed by atoms with Crippen LogP contribution in [0.1, 0.15) is 0 Å². The number of aromatic nitrogens is 4.